The molecule has 0 fully saturated rings. The summed E-state index contributed by atoms with van der Waals surface area (Å²) in [4.78, 5) is 0. The fourth-order valence-electron chi connectivity index (χ4n) is 1.08. The Balaban J connectivity index is 2.82. The van der Waals surface area contributed by atoms with Crippen molar-refractivity contribution in [3.8, 4) is 11.5 Å². The lowest BCUT2D eigenvalue weighted by Gasteiger charge is -2.11. The molecule has 0 saturated carbocycles. The van der Waals surface area contributed by atoms with Crippen LogP contribution in [0.4, 0.5) is 5.69 Å². The van der Waals surface area contributed by atoms with Gasteiger partial charge in [-0.3, -0.25) is 0 Å². The zero-order chi connectivity index (χ0) is 10.4. The highest BCUT2D eigenvalue weighted by Crippen LogP contribution is 2.28. The predicted molar refractivity (Wildman–Crippen MR) is 55.9 cm³/mol. The first-order chi connectivity index (χ1) is 6.81. The van der Waals surface area contributed by atoms with E-state index in [1.165, 1.54) is 0 Å². The fourth-order valence-corrected chi connectivity index (χ4v) is 1.08. The van der Waals surface area contributed by atoms with E-state index in [4.69, 9.17) is 15.2 Å². The van der Waals surface area contributed by atoms with Crippen LogP contribution in [-0.4, -0.2) is 27.3 Å². The Kier molecular flexibility index (Phi) is 4.07. The van der Waals surface area contributed by atoms with E-state index in [0.29, 0.717) is 18.8 Å². The number of hydrogen-bond acceptors (Lipinski definition) is 4. The molecule has 1 aromatic rings. The van der Waals surface area contributed by atoms with Gasteiger partial charge in [-0.05, 0) is 6.07 Å². The standard InChI is InChI=1S/C10H15N2O2/c1-13-8-3-4-9(12-6-5-11)10(7-8)14-2/h4,7,12H,5-6,11H2,1-2H3. The number of nitrogens with two attached hydrogens (primary N) is 1. The van der Waals surface area contributed by atoms with Gasteiger partial charge in [0.05, 0.1) is 19.9 Å². The predicted octanol–water partition coefficient (Wildman–Crippen LogP) is 0.875. The maximum Gasteiger partial charge on any atom is 0.145 e. The number of nitrogens with one attached hydrogen (secondary N) is 1. The summed E-state index contributed by atoms with van der Waals surface area (Å²) in [7, 11) is 3.21. The Morgan fingerprint density at radius 3 is 2.79 bits per heavy atom. The average Bonchev–Trinajstić information content (AvgIpc) is 2.26. The highest BCUT2D eigenvalue weighted by atomic mass is 16.5. The summed E-state index contributed by atoms with van der Waals surface area (Å²) < 4.78 is 10.2. The van der Waals surface area contributed by atoms with Gasteiger partial charge in [0.25, 0.3) is 0 Å². The molecule has 1 aromatic carbocycles. The second-order valence-corrected chi connectivity index (χ2v) is 2.70. The molecule has 0 heterocycles. The van der Waals surface area contributed by atoms with Crippen molar-refractivity contribution in [1.29, 1.82) is 0 Å². The summed E-state index contributed by atoms with van der Waals surface area (Å²) in [6, 6.07) is 6.53. The largest absolute Gasteiger partial charge is 0.496 e. The summed E-state index contributed by atoms with van der Waals surface area (Å²) in [6.07, 6.45) is 0. The molecule has 0 spiro atoms. The van der Waals surface area contributed by atoms with Gasteiger partial charge in [0, 0.05) is 25.2 Å². The van der Waals surface area contributed by atoms with Crippen LogP contribution in [0.25, 0.3) is 0 Å². The minimum atomic E-state index is 0.579. The number of hydrogen-bond donors (Lipinski definition) is 2. The lowest BCUT2D eigenvalue weighted by Crippen LogP contribution is -2.13. The van der Waals surface area contributed by atoms with Gasteiger partial charge in [-0.1, -0.05) is 0 Å². The van der Waals surface area contributed by atoms with Crippen LogP contribution in [-0.2, 0) is 0 Å². The van der Waals surface area contributed by atoms with Crippen molar-refractivity contribution in [2.75, 3.05) is 32.6 Å². The summed E-state index contributed by atoms with van der Waals surface area (Å²) in [5.41, 5.74) is 6.26. The monoisotopic (exact) mass is 195 g/mol. The molecular weight excluding hydrogens is 180 g/mol. The first-order valence-electron chi connectivity index (χ1n) is 4.39. The Morgan fingerprint density at radius 1 is 1.43 bits per heavy atom. The van der Waals surface area contributed by atoms with Crippen LogP contribution in [0.15, 0.2) is 12.1 Å². The van der Waals surface area contributed by atoms with Crippen molar-refractivity contribution in [3.63, 3.8) is 0 Å². The average molecular weight is 195 g/mol. The van der Waals surface area contributed by atoms with E-state index >= 15 is 0 Å². The van der Waals surface area contributed by atoms with Gasteiger partial charge < -0.3 is 20.5 Å². The molecule has 0 unspecified atom stereocenters. The Morgan fingerprint density at radius 2 is 2.21 bits per heavy atom. The van der Waals surface area contributed by atoms with Crippen LogP contribution >= 0.6 is 0 Å². The lowest BCUT2D eigenvalue weighted by atomic mass is 10.2. The van der Waals surface area contributed by atoms with Crippen molar-refractivity contribution in [2.24, 2.45) is 5.73 Å². The van der Waals surface area contributed by atoms with Gasteiger partial charge in [0.1, 0.15) is 11.5 Å². The summed E-state index contributed by atoms with van der Waals surface area (Å²) in [6.45, 7) is 1.28. The SMILES string of the molecule is COc1[c]cc(NCCN)c(OC)c1. The van der Waals surface area contributed by atoms with E-state index in [1.54, 1.807) is 26.4 Å². The number of anilines is 1. The van der Waals surface area contributed by atoms with E-state index in [-0.39, 0.29) is 0 Å². The second kappa shape index (κ2) is 5.34. The molecule has 0 bridgehead atoms. The first kappa shape index (κ1) is 10.7. The molecular formula is C10H15N2O2. The first-order valence-corrected chi connectivity index (χ1v) is 4.39. The van der Waals surface area contributed by atoms with E-state index in [9.17, 15) is 0 Å². The molecule has 0 aromatic heterocycles. The summed E-state index contributed by atoms with van der Waals surface area (Å²) in [5, 5.41) is 3.13. The van der Waals surface area contributed by atoms with Gasteiger partial charge in [0.15, 0.2) is 0 Å². The van der Waals surface area contributed by atoms with Gasteiger partial charge in [-0.25, -0.2) is 0 Å². The fraction of sp³-hybridized carbons (Fsp3) is 0.400. The molecule has 0 saturated heterocycles. The molecule has 4 nitrogen and oxygen atoms in total. The van der Waals surface area contributed by atoms with E-state index < -0.39 is 0 Å². The number of rotatable bonds is 5. The lowest BCUT2D eigenvalue weighted by molar-refractivity contribution is 0.395. The second-order valence-electron chi connectivity index (χ2n) is 2.70. The summed E-state index contributed by atoms with van der Waals surface area (Å²) in [5.74, 6) is 1.38. The molecule has 0 atom stereocenters. The minimum Gasteiger partial charge on any atom is -0.496 e. The third-order valence-corrected chi connectivity index (χ3v) is 1.79. The van der Waals surface area contributed by atoms with Crippen LogP contribution < -0.4 is 20.5 Å². The highest BCUT2D eigenvalue weighted by molar-refractivity contribution is 5.58. The number of methoxy groups -OCH3 is 2. The van der Waals surface area contributed by atoms with Crippen molar-refractivity contribution < 1.29 is 9.47 Å². The minimum absolute atomic E-state index is 0.579. The Hall–Kier alpha value is -1.42. The topological polar surface area (TPSA) is 56.5 Å². The van der Waals surface area contributed by atoms with Crippen molar-refractivity contribution >= 4 is 5.69 Å². The van der Waals surface area contributed by atoms with Crippen LogP contribution in [0, 0.1) is 6.07 Å². The van der Waals surface area contributed by atoms with Gasteiger partial charge in [-0.2, -0.15) is 0 Å². The zero-order valence-electron chi connectivity index (χ0n) is 8.46. The van der Waals surface area contributed by atoms with Crippen molar-refractivity contribution in [3.05, 3.63) is 18.2 Å². The molecule has 1 radical (unpaired) electrons. The highest BCUT2D eigenvalue weighted by Gasteiger charge is 2.03. The quantitative estimate of drug-likeness (QED) is 0.732. The molecule has 3 N–H and O–H groups in total. The van der Waals surface area contributed by atoms with E-state index in [2.05, 4.69) is 11.4 Å². The van der Waals surface area contributed by atoms with E-state index in [1.807, 2.05) is 0 Å². The zero-order valence-corrected chi connectivity index (χ0v) is 8.46. The molecule has 0 amide bonds. The van der Waals surface area contributed by atoms with Gasteiger partial charge in [-0.15, -0.1) is 0 Å². The molecule has 77 valence electrons. The molecule has 4 heteroatoms. The number of benzene rings is 1. The maximum atomic E-state index is 5.39. The smallest absolute Gasteiger partial charge is 0.145 e. The molecule has 14 heavy (non-hydrogen) atoms. The normalized spacial score (nSPS) is 9.64. The Labute approximate surface area is 84.0 Å². The molecule has 0 aliphatic carbocycles. The summed E-state index contributed by atoms with van der Waals surface area (Å²) >= 11 is 0. The van der Waals surface area contributed by atoms with Gasteiger partial charge in [0.2, 0.25) is 0 Å². The molecule has 0 aliphatic rings. The molecule has 1 rings (SSSR count). The van der Waals surface area contributed by atoms with Crippen LogP contribution in [0.5, 0.6) is 11.5 Å². The van der Waals surface area contributed by atoms with Crippen LogP contribution in [0.2, 0.25) is 0 Å². The Bertz CT molecular complexity index is 289. The third-order valence-electron chi connectivity index (χ3n) is 1.79. The third kappa shape index (κ3) is 2.53. The molecule has 0 aliphatic heterocycles. The van der Waals surface area contributed by atoms with Crippen molar-refractivity contribution in [1.82, 2.24) is 0 Å². The number of ether oxygens (including phenoxy) is 2. The van der Waals surface area contributed by atoms with Crippen LogP contribution in [0.3, 0.4) is 0 Å². The maximum absolute atomic E-state index is 5.39. The van der Waals surface area contributed by atoms with Crippen LogP contribution in [0.1, 0.15) is 0 Å². The van der Waals surface area contributed by atoms with E-state index in [0.717, 1.165) is 11.4 Å². The van der Waals surface area contributed by atoms with Gasteiger partial charge >= 0.3 is 0 Å². The van der Waals surface area contributed by atoms with Crippen molar-refractivity contribution in [2.45, 2.75) is 0 Å².